The van der Waals surface area contributed by atoms with E-state index in [9.17, 15) is 9.59 Å². The summed E-state index contributed by atoms with van der Waals surface area (Å²) in [6.45, 7) is 7.02. The number of hydrogen-bond donors (Lipinski definition) is 1. The van der Waals surface area contributed by atoms with Crippen LogP contribution >= 0.6 is 11.3 Å². The second-order valence-corrected chi connectivity index (χ2v) is 8.08. The van der Waals surface area contributed by atoms with Crippen LogP contribution in [0, 0.1) is 6.92 Å². The Balaban J connectivity index is 1.81. The largest absolute Gasteiger partial charge is 0.333 e. The number of carbonyl (C=O) groups excluding carboxylic acids is 1. The van der Waals surface area contributed by atoms with Gasteiger partial charge < -0.3 is 10.2 Å². The smallest absolute Gasteiger partial charge is 0.264 e. The van der Waals surface area contributed by atoms with Gasteiger partial charge in [0.25, 0.3) is 11.5 Å². The molecule has 1 amide bonds. The molecule has 2 aromatic rings. The third kappa shape index (κ3) is 2.79. The molecule has 2 aromatic heterocycles. The van der Waals surface area contributed by atoms with E-state index in [-0.39, 0.29) is 17.5 Å². The summed E-state index contributed by atoms with van der Waals surface area (Å²) in [7, 11) is 0. The van der Waals surface area contributed by atoms with Crippen molar-refractivity contribution in [3.8, 4) is 0 Å². The summed E-state index contributed by atoms with van der Waals surface area (Å²) in [5, 5.41) is 3.95. The number of thiophene rings is 1. The fourth-order valence-corrected chi connectivity index (χ4v) is 5.03. The maximum absolute atomic E-state index is 13.1. The summed E-state index contributed by atoms with van der Waals surface area (Å²) in [5.74, 6) is 0.917. The summed E-state index contributed by atoms with van der Waals surface area (Å²) >= 11 is 1.39. The molecule has 0 aliphatic carbocycles. The third-order valence-corrected chi connectivity index (χ3v) is 6.54. The van der Waals surface area contributed by atoms with Crippen molar-refractivity contribution in [2.45, 2.75) is 52.1 Å². The SMILES string of the molecule is Cc1c(C(=O)N2CCNC[C@H]2C)sc2nc3n(c(=O)c12)CCCCC3. The van der Waals surface area contributed by atoms with Crippen LogP contribution in [-0.2, 0) is 13.0 Å². The zero-order valence-corrected chi connectivity index (χ0v) is 15.6. The number of carbonyl (C=O) groups is 1. The Labute approximate surface area is 150 Å². The zero-order valence-electron chi connectivity index (χ0n) is 14.8. The van der Waals surface area contributed by atoms with Gasteiger partial charge in [0.2, 0.25) is 0 Å². The van der Waals surface area contributed by atoms with E-state index in [4.69, 9.17) is 4.98 Å². The summed E-state index contributed by atoms with van der Waals surface area (Å²) in [5.41, 5.74) is 0.829. The lowest BCUT2D eigenvalue weighted by Gasteiger charge is -2.33. The Kier molecular flexibility index (Phi) is 4.37. The molecule has 1 atom stereocenters. The molecule has 0 spiro atoms. The van der Waals surface area contributed by atoms with Gasteiger partial charge in [0, 0.05) is 38.6 Å². The molecule has 2 aliphatic heterocycles. The van der Waals surface area contributed by atoms with Gasteiger partial charge >= 0.3 is 0 Å². The molecule has 4 rings (SSSR count). The van der Waals surface area contributed by atoms with Crippen LogP contribution in [0.3, 0.4) is 0 Å². The Bertz CT molecular complexity index is 885. The molecular weight excluding hydrogens is 336 g/mol. The van der Waals surface area contributed by atoms with Crippen LogP contribution in [0.25, 0.3) is 10.2 Å². The topological polar surface area (TPSA) is 67.2 Å². The highest BCUT2D eigenvalue weighted by Crippen LogP contribution is 2.30. The van der Waals surface area contributed by atoms with E-state index >= 15 is 0 Å². The number of hydrogen-bond acceptors (Lipinski definition) is 5. The zero-order chi connectivity index (χ0) is 17.6. The number of nitrogens with zero attached hydrogens (tertiary/aromatic N) is 3. The second-order valence-electron chi connectivity index (χ2n) is 7.08. The lowest BCUT2D eigenvalue weighted by atomic mass is 10.1. The highest BCUT2D eigenvalue weighted by atomic mass is 32.1. The normalized spacial score (nSPS) is 21.2. The summed E-state index contributed by atoms with van der Waals surface area (Å²) in [6.07, 6.45) is 4.08. The predicted octanol–water partition coefficient (Wildman–Crippen LogP) is 1.93. The number of fused-ring (bicyclic) bond motifs is 2. The molecule has 7 heteroatoms. The Hall–Kier alpha value is -1.73. The fourth-order valence-electron chi connectivity index (χ4n) is 3.89. The number of nitrogens with one attached hydrogen (secondary N) is 1. The van der Waals surface area contributed by atoms with Gasteiger partial charge in [-0.3, -0.25) is 14.2 Å². The first-order chi connectivity index (χ1) is 12.1. The molecule has 25 heavy (non-hydrogen) atoms. The number of rotatable bonds is 1. The minimum absolute atomic E-state index is 0.0306. The minimum atomic E-state index is 0.0306. The molecule has 0 unspecified atom stereocenters. The maximum Gasteiger partial charge on any atom is 0.264 e. The van der Waals surface area contributed by atoms with Crippen LogP contribution in [0.15, 0.2) is 4.79 Å². The minimum Gasteiger partial charge on any atom is -0.333 e. The first kappa shape index (κ1) is 16.7. The monoisotopic (exact) mass is 360 g/mol. The van der Waals surface area contributed by atoms with Crippen LogP contribution in [-0.4, -0.2) is 46.0 Å². The molecule has 1 saturated heterocycles. The number of amides is 1. The lowest BCUT2D eigenvalue weighted by Crippen LogP contribution is -2.52. The highest BCUT2D eigenvalue weighted by molar-refractivity contribution is 7.20. The van der Waals surface area contributed by atoms with Gasteiger partial charge in [0.05, 0.1) is 10.3 Å². The van der Waals surface area contributed by atoms with Crippen LogP contribution in [0.4, 0.5) is 0 Å². The molecule has 0 bridgehead atoms. The van der Waals surface area contributed by atoms with E-state index in [1.807, 2.05) is 16.4 Å². The van der Waals surface area contributed by atoms with Crippen molar-refractivity contribution in [1.82, 2.24) is 19.8 Å². The Morgan fingerprint density at radius 1 is 1.28 bits per heavy atom. The molecule has 0 saturated carbocycles. The molecule has 1 fully saturated rings. The molecular formula is C18H24N4O2S. The molecule has 6 nitrogen and oxygen atoms in total. The molecule has 0 aromatic carbocycles. The van der Waals surface area contributed by atoms with Crippen molar-refractivity contribution < 1.29 is 4.79 Å². The molecule has 134 valence electrons. The molecule has 1 N–H and O–H groups in total. The van der Waals surface area contributed by atoms with E-state index in [1.165, 1.54) is 11.3 Å². The average molecular weight is 360 g/mol. The van der Waals surface area contributed by atoms with E-state index in [2.05, 4.69) is 12.2 Å². The van der Waals surface area contributed by atoms with Crippen molar-refractivity contribution in [3.05, 3.63) is 26.6 Å². The van der Waals surface area contributed by atoms with Gasteiger partial charge in [-0.05, 0) is 32.3 Å². The lowest BCUT2D eigenvalue weighted by molar-refractivity contribution is 0.0660. The quantitative estimate of drug-likeness (QED) is 0.844. The number of aromatic nitrogens is 2. The Morgan fingerprint density at radius 3 is 2.92 bits per heavy atom. The third-order valence-electron chi connectivity index (χ3n) is 5.37. The van der Waals surface area contributed by atoms with Gasteiger partial charge in [0.1, 0.15) is 10.7 Å². The first-order valence-corrected chi connectivity index (χ1v) is 9.94. The number of piperazine rings is 1. The molecule has 4 heterocycles. The molecule has 2 aliphatic rings. The van der Waals surface area contributed by atoms with Gasteiger partial charge in [0.15, 0.2) is 0 Å². The van der Waals surface area contributed by atoms with E-state index in [0.717, 1.165) is 61.5 Å². The fraction of sp³-hybridized carbons (Fsp3) is 0.611. The van der Waals surface area contributed by atoms with Crippen LogP contribution in [0.2, 0.25) is 0 Å². The summed E-state index contributed by atoms with van der Waals surface area (Å²) in [6, 6.07) is 0.164. The van der Waals surface area contributed by atoms with Crippen molar-refractivity contribution >= 4 is 27.5 Å². The van der Waals surface area contributed by atoms with Crippen molar-refractivity contribution in [2.24, 2.45) is 0 Å². The van der Waals surface area contributed by atoms with Gasteiger partial charge in [-0.15, -0.1) is 11.3 Å². The van der Waals surface area contributed by atoms with Crippen LogP contribution in [0.1, 0.15) is 47.2 Å². The van der Waals surface area contributed by atoms with E-state index < -0.39 is 0 Å². The van der Waals surface area contributed by atoms with Crippen LogP contribution < -0.4 is 10.9 Å². The standard InChI is InChI=1S/C18H24N4O2S/c1-11-10-19-7-9-21(11)18(24)15-12(2)14-16(25-15)20-13-6-4-3-5-8-22(13)17(14)23/h11,19H,3-10H2,1-2H3/t11-/m1/s1. The van der Waals surface area contributed by atoms with Gasteiger partial charge in [-0.25, -0.2) is 4.98 Å². The molecule has 0 radical (unpaired) electrons. The van der Waals surface area contributed by atoms with E-state index in [0.29, 0.717) is 16.8 Å². The van der Waals surface area contributed by atoms with Crippen molar-refractivity contribution in [2.75, 3.05) is 19.6 Å². The predicted molar refractivity (Wildman–Crippen MR) is 99.5 cm³/mol. The maximum atomic E-state index is 13.1. The van der Waals surface area contributed by atoms with E-state index in [1.54, 1.807) is 0 Å². The number of aryl methyl sites for hydroxylation is 2. The Morgan fingerprint density at radius 2 is 2.12 bits per heavy atom. The highest BCUT2D eigenvalue weighted by Gasteiger charge is 2.28. The van der Waals surface area contributed by atoms with Crippen molar-refractivity contribution in [1.29, 1.82) is 0 Å². The van der Waals surface area contributed by atoms with Gasteiger partial charge in [-0.1, -0.05) is 6.42 Å². The van der Waals surface area contributed by atoms with Crippen LogP contribution in [0.5, 0.6) is 0 Å². The van der Waals surface area contributed by atoms with Gasteiger partial charge in [-0.2, -0.15) is 0 Å². The summed E-state index contributed by atoms with van der Waals surface area (Å²) < 4.78 is 1.83. The van der Waals surface area contributed by atoms with Crippen molar-refractivity contribution in [3.63, 3.8) is 0 Å². The summed E-state index contributed by atoms with van der Waals surface area (Å²) in [4.78, 5) is 34.2. The second kappa shape index (κ2) is 6.53. The first-order valence-electron chi connectivity index (χ1n) is 9.12. The average Bonchev–Trinajstić information content (AvgIpc) is 2.78.